The Kier molecular flexibility index (Phi) is 6.73. The molecule has 164 valence electrons. The fourth-order valence-electron chi connectivity index (χ4n) is 4.07. The number of carbonyl (C=O) groups excluding carboxylic acids is 1. The minimum atomic E-state index is -0.401. The number of nitrogens with zero attached hydrogens (tertiary/aromatic N) is 3. The second-order valence-corrected chi connectivity index (χ2v) is 10.1. The number of rotatable bonds is 7. The van der Waals surface area contributed by atoms with Crippen LogP contribution >= 0.6 is 35.1 Å². The Morgan fingerprint density at radius 2 is 1.94 bits per heavy atom. The monoisotopic (exact) mass is 477 g/mol. The number of hydrogen-bond acceptors (Lipinski definition) is 5. The summed E-state index contributed by atoms with van der Waals surface area (Å²) in [6, 6.07) is 8.87. The molecule has 1 spiro atoms. The van der Waals surface area contributed by atoms with Gasteiger partial charge in [-0.1, -0.05) is 23.2 Å². The molecule has 1 aromatic carbocycles. The molecule has 1 amide bonds. The fraction of sp³-hybridized carbons (Fsp3) is 0.455. The molecule has 2 heterocycles. The van der Waals surface area contributed by atoms with E-state index in [1.165, 1.54) is 24.8 Å². The van der Waals surface area contributed by atoms with Crippen LogP contribution in [0.3, 0.4) is 0 Å². The van der Waals surface area contributed by atoms with Gasteiger partial charge in [0.25, 0.3) is 0 Å². The standard InChI is InChI=1S/C22H25Cl2N5OS/c23-17-12-16(13-18(24)20(17)26)31-27-19(3-9-28-8-1-2-15(28)14-25)21(30)29-10-6-22(4-5-22)7-11-29/h1-2,8,12-13,19,27H,3-7,9-11,26H2. The first kappa shape index (κ1) is 22.3. The molecule has 2 aliphatic rings. The van der Waals surface area contributed by atoms with Crippen molar-refractivity contribution >= 4 is 46.7 Å². The second kappa shape index (κ2) is 9.33. The highest BCUT2D eigenvalue weighted by Crippen LogP contribution is 2.53. The molecular formula is C22H25Cl2N5OS. The molecule has 0 radical (unpaired) electrons. The largest absolute Gasteiger partial charge is 0.396 e. The van der Waals surface area contributed by atoms with Crippen LogP contribution in [0.4, 0.5) is 5.69 Å². The summed E-state index contributed by atoms with van der Waals surface area (Å²) in [4.78, 5) is 16.1. The molecule has 1 atom stereocenters. The number of piperidine rings is 1. The molecule has 1 unspecified atom stereocenters. The third-order valence-electron chi connectivity index (χ3n) is 6.37. The van der Waals surface area contributed by atoms with Gasteiger partial charge in [0, 0.05) is 30.7 Å². The van der Waals surface area contributed by atoms with Gasteiger partial charge in [0.1, 0.15) is 11.8 Å². The van der Waals surface area contributed by atoms with Gasteiger partial charge in [0.15, 0.2) is 0 Å². The lowest BCUT2D eigenvalue weighted by molar-refractivity contribution is -0.134. The van der Waals surface area contributed by atoms with Crippen LogP contribution < -0.4 is 10.5 Å². The molecule has 4 rings (SSSR count). The molecule has 31 heavy (non-hydrogen) atoms. The van der Waals surface area contributed by atoms with Gasteiger partial charge < -0.3 is 15.2 Å². The van der Waals surface area contributed by atoms with Gasteiger partial charge in [-0.2, -0.15) is 5.26 Å². The van der Waals surface area contributed by atoms with Gasteiger partial charge in [-0.25, -0.2) is 4.72 Å². The third-order valence-corrected chi connectivity index (χ3v) is 7.86. The lowest BCUT2D eigenvalue weighted by atomic mass is 9.93. The first-order valence-corrected chi connectivity index (χ1v) is 12.0. The maximum atomic E-state index is 13.4. The quantitative estimate of drug-likeness (QED) is 0.445. The average Bonchev–Trinajstić information content (AvgIpc) is 3.35. The SMILES string of the molecule is N#Cc1cccn1CCC(NSc1cc(Cl)c(N)c(Cl)c1)C(=O)N1CCC2(CC1)CC2. The van der Waals surface area contributed by atoms with E-state index in [0.717, 1.165) is 30.8 Å². The normalized spacial score (nSPS) is 18.0. The topological polar surface area (TPSA) is 87.1 Å². The summed E-state index contributed by atoms with van der Waals surface area (Å²) in [6.07, 6.45) is 7.22. The Bertz CT molecular complexity index is 981. The third kappa shape index (κ3) is 5.15. The number of hydrogen-bond donors (Lipinski definition) is 2. The summed E-state index contributed by atoms with van der Waals surface area (Å²) >= 11 is 13.6. The first-order valence-electron chi connectivity index (χ1n) is 10.4. The van der Waals surface area contributed by atoms with E-state index in [4.69, 9.17) is 28.9 Å². The molecular weight excluding hydrogens is 453 g/mol. The molecule has 0 bridgehead atoms. The van der Waals surface area contributed by atoms with Gasteiger partial charge in [0.05, 0.1) is 21.8 Å². The number of nitrogens with one attached hydrogen (secondary N) is 1. The van der Waals surface area contributed by atoms with E-state index in [0.29, 0.717) is 39.8 Å². The Hall–Kier alpha value is -1.85. The van der Waals surface area contributed by atoms with Crippen LogP contribution in [-0.2, 0) is 11.3 Å². The number of anilines is 1. The van der Waals surface area contributed by atoms with Gasteiger partial charge in [-0.3, -0.25) is 4.79 Å². The number of amides is 1. The summed E-state index contributed by atoms with van der Waals surface area (Å²) in [7, 11) is 0. The Labute approximate surface area is 196 Å². The first-order chi connectivity index (χ1) is 14.9. The Balaban J connectivity index is 1.45. The van der Waals surface area contributed by atoms with Gasteiger partial charge >= 0.3 is 0 Å². The lowest BCUT2D eigenvalue weighted by Gasteiger charge is -2.34. The van der Waals surface area contributed by atoms with E-state index in [9.17, 15) is 10.1 Å². The zero-order valence-corrected chi connectivity index (χ0v) is 19.4. The number of likely N-dealkylation sites (tertiary alicyclic amines) is 1. The van der Waals surface area contributed by atoms with Gasteiger partial charge in [-0.05, 0) is 73.7 Å². The molecule has 2 fully saturated rings. The van der Waals surface area contributed by atoms with E-state index >= 15 is 0 Å². The number of carbonyl (C=O) groups is 1. The highest BCUT2D eigenvalue weighted by molar-refractivity contribution is 7.97. The van der Waals surface area contributed by atoms with Crippen molar-refractivity contribution in [2.24, 2.45) is 5.41 Å². The number of benzene rings is 1. The van der Waals surface area contributed by atoms with Crippen molar-refractivity contribution in [1.82, 2.24) is 14.2 Å². The number of nitrogens with two attached hydrogens (primary N) is 1. The smallest absolute Gasteiger partial charge is 0.240 e. The highest BCUT2D eigenvalue weighted by Gasteiger charge is 2.45. The Morgan fingerprint density at radius 1 is 1.26 bits per heavy atom. The van der Waals surface area contributed by atoms with Crippen LogP contribution in [0.15, 0.2) is 35.4 Å². The molecule has 1 saturated carbocycles. The van der Waals surface area contributed by atoms with Crippen molar-refractivity contribution in [3.63, 3.8) is 0 Å². The maximum Gasteiger partial charge on any atom is 0.240 e. The predicted octanol–water partition coefficient (Wildman–Crippen LogP) is 4.71. The van der Waals surface area contributed by atoms with E-state index in [1.54, 1.807) is 18.2 Å². The van der Waals surface area contributed by atoms with Crippen LogP contribution in [0.1, 0.15) is 37.8 Å². The predicted molar refractivity (Wildman–Crippen MR) is 125 cm³/mol. The summed E-state index contributed by atoms with van der Waals surface area (Å²) in [5.74, 6) is 0.0984. The molecule has 9 heteroatoms. The summed E-state index contributed by atoms with van der Waals surface area (Å²) < 4.78 is 5.19. The van der Waals surface area contributed by atoms with Crippen molar-refractivity contribution in [3.8, 4) is 6.07 Å². The zero-order valence-electron chi connectivity index (χ0n) is 17.1. The molecule has 2 aromatic rings. The van der Waals surface area contributed by atoms with Crippen LogP contribution in [-0.4, -0.2) is 34.5 Å². The fourth-order valence-corrected chi connectivity index (χ4v) is 5.54. The number of aromatic nitrogens is 1. The summed E-state index contributed by atoms with van der Waals surface area (Å²) in [6.45, 7) is 2.20. The van der Waals surface area contributed by atoms with Crippen molar-refractivity contribution in [1.29, 1.82) is 5.26 Å². The second-order valence-electron chi connectivity index (χ2n) is 8.39. The van der Waals surface area contributed by atoms with Crippen molar-refractivity contribution < 1.29 is 4.79 Å². The van der Waals surface area contributed by atoms with E-state index in [2.05, 4.69) is 10.8 Å². The van der Waals surface area contributed by atoms with Crippen molar-refractivity contribution in [3.05, 3.63) is 46.2 Å². The van der Waals surface area contributed by atoms with E-state index in [1.807, 2.05) is 21.7 Å². The van der Waals surface area contributed by atoms with Crippen LogP contribution in [0, 0.1) is 16.7 Å². The number of halogens is 2. The number of aryl methyl sites for hydroxylation is 1. The van der Waals surface area contributed by atoms with Crippen LogP contribution in [0.2, 0.25) is 10.0 Å². The molecule has 3 N–H and O–H groups in total. The molecule has 1 aliphatic carbocycles. The van der Waals surface area contributed by atoms with E-state index < -0.39 is 6.04 Å². The van der Waals surface area contributed by atoms with E-state index in [-0.39, 0.29) is 5.91 Å². The summed E-state index contributed by atoms with van der Waals surface area (Å²) in [5, 5.41) is 10.0. The summed E-state index contributed by atoms with van der Waals surface area (Å²) in [5.41, 5.74) is 7.27. The van der Waals surface area contributed by atoms with Crippen molar-refractivity contribution in [2.45, 2.75) is 49.6 Å². The van der Waals surface area contributed by atoms with Crippen LogP contribution in [0.25, 0.3) is 0 Å². The molecule has 1 aromatic heterocycles. The molecule has 1 aliphatic heterocycles. The van der Waals surface area contributed by atoms with Gasteiger partial charge in [0.2, 0.25) is 5.91 Å². The number of nitriles is 1. The highest BCUT2D eigenvalue weighted by atomic mass is 35.5. The number of nitrogen functional groups attached to an aromatic ring is 1. The van der Waals surface area contributed by atoms with Crippen molar-refractivity contribution in [2.75, 3.05) is 18.8 Å². The zero-order chi connectivity index (χ0) is 22.0. The average molecular weight is 478 g/mol. The minimum absolute atomic E-state index is 0.0984. The lowest BCUT2D eigenvalue weighted by Crippen LogP contribution is -2.48. The van der Waals surface area contributed by atoms with Crippen LogP contribution in [0.5, 0.6) is 0 Å². The van der Waals surface area contributed by atoms with Gasteiger partial charge in [-0.15, -0.1) is 0 Å². The maximum absolute atomic E-state index is 13.4. The molecule has 1 saturated heterocycles. The minimum Gasteiger partial charge on any atom is -0.396 e. The molecule has 6 nitrogen and oxygen atoms in total. The Morgan fingerprint density at radius 3 is 2.55 bits per heavy atom.